The van der Waals surface area contributed by atoms with Crippen LogP contribution >= 0.6 is 0 Å². The summed E-state index contributed by atoms with van der Waals surface area (Å²) < 4.78 is 37.0. The molecular formula is C10H6F3N3. The lowest BCUT2D eigenvalue weighted by atomic mass is 10.2. The molecule has 0 unspecified atom stereocenters. The van der Waals surface area contributed by atoms with Gasteiger partial charge >= 0.3 is 6.18 Å². The Balaban J connectivity index is 2.45. The van der Waals surface area contributed by atoms with Crippen molar-refractivity contribution in [3.05, 3.63) is 42.6 Å². The second-order valence-corrected chi connectivity index (χ2v) is 3.00. The predicted molar refractivity (Wildman–Crippen MR) is 50.3 cm³/mol. The lowest BCUT2D eigenvalue weighted by Gasteiger charge is -2.05. The standard InChI is InChI=1S/C10H6F3N3/c11-10(12,13)9-15-5-3-8(16-9)7-2-1-4-14-6-7/h1-6H. The number of hydrogen-bond donors (Lipinski definition) is 0. The molecule has 6 heteroatoms. The van der Waals surface area contributed by atoms with Gasteiger partial charge in [-0.3, -0.25) is 4.98 Å². The third-order valence-corrected chi connectivity index (χ3v) is 1.87. The van der Waals surface area contributed by atoms with Crippen molar-refractivity contribution < 1.29 is 13.2 Å². The van der Waals surface area contributed by atoms with Gasteiger partial charge in [0.2, 0.25) is 5.82 Å². The molecule has 0 aliphatic heterocycles. The molecule has 0 bridgehead atoms. The molecule has 0 aromatic carbocycles. The Labute approximate surface area is 89.0 Å². The van der Waals surface area contributed by atoms with Crippen molar-refractivity contribution in [2.75, 3.05) is 0 Å². The molecule has 82 valence electrons. The number of pyridine rings is 1. The highest BCUT2D eigenvalue weighted by molar-refractivity contribution is 5.56. The van der Waals surface area contributed by atoms with Gasteiger partial charge in [0, 0.05) is 24.2 Å². The SMILES string of the molecule is FC(F)(F)c1nccc(-c2cccnc2)n1. The first-order valence-electron chi connectivity index (χ1n) is 4.38. The Morgan fingerprint density at radius 3 is 2.50 bits per heavy atom. The fourth-order valence-electron chi connectivity index (χ4n) is 1.17. The molecule has 3 nitrogen and oxygen atoms in total. The van der Waals surface area contributed by atoms with Crippen LogP contribution in [0.2, 0.25) is 0 Å². The maximum absolute atomic E-state index is 12.3. The summed E-state index contributed by atoms with van der Waals surface area (Å²) in [5.74, 6) is -1.14. The summed E-state index contributed by atoms with van der Waals surface area (Å²) in [6.07, 6.45) is -0.464. The van der Waals surface area contributed by atoms with Gasteiger partial charge in [0.1, 0.15) is 0 Å². The highest BCUT2D eigenvalue weighted by Crippen LogP contribution is 2.27. The van der Waals surface area contributed by atoms with Gasteiger partial charge in [-0.05, 0) is 18.2 Å². The number of halogens is 3. The quantitative estimate of drug-likeness (QED) is 0.748. The van der Waals surface area contributed by atoms with Crippen molar-refractivity contribution in [3.63, 3.8) is 0 Å². The molecule has 0 radical (unpaired) electrons. The molecule has 2 rings (SSSR count). The van der Waals surface area contributed by atoms with Crippen LogP contribution in [0.5, 0.6) is 0 Å². The predicted octanol–water partition coefficient (Wildman–Crippen LogP) is 2.56. The smallest absolute Gasteiger partial charge is 0.264 e. The second kappa shape index (κ2) is 3.88. The molecule has 0 fully saturated rings. The van der Waals surface area contributed by atoms with Gasteiger partial charge in [0.15, 0.2) is 0 Å². The van der Waals surface area contributed by atoms with Crippen molar-refractivity contribution in [2.24, 2.45) is 0 Å². The molecular weight excluding hydrogens is 219 g/mol. The molecule has 0 aliphatic rings. The average molecular weight is 225 g/mol. The Bertz CT molecular complexity index is 482. The Kier molecular flexibility index (Phi) is 2.55. The van der Waals surface area contributed by atoms with Crippen LogP contribution in [0.4, 0.5) is 13.2 Å². The number of aromatic nitrogens is 3. The zero-order valence-electron chi connectivity index (χ0n) is 7.94. The van der Waals surface area contributed by atoms with E-state index in [0.29, 0.717) is 5.56 Å². The first-order valence-corrected chi connectivity index (χ1v) is 4.38. The highest BCUT2D eigenvalue weighted by atomic mass is 19.4. The minimum absolute atomic E-state index is 0.204. The fraction of sp³-hybridized carbons (Fsp3) is 0.100. The van der Waals surface area contributed by atoms with Gasteiger partial charge in [-0.2, -0.15) is 13.2 Å². The molecule has 0 N–H and O–H groups in total. The summed E-state index contributed by atoms with van der Waals surface area (Å²) in [6.45, 7) is 0. The summed E-state index contributed by atoms with van der Waals surface area (Å²) in [4.78, 5) is 10.4. The molecule has 2 aromatic heterocycles. The first kappa shape index (κ1) is 10.5. The van der Waals surface area contributed by atoms with Gasteiger partial charge in [0.05, 0.1) is 5.69 Å². The second-order valence-electron chi connectivity index (χ2n) is 3.00. The summed E-state index contributed by atoms with van der Waals surface area (Å²) in [7, 11) is 0. The molecule has 2 aromatic rings. The van der Waals surface area contributed by atoms with E-state index in [1.807, 2.05) is 0 Å². The van der Waals surface area contributed by atoms with E-state index in [1.165, 1.54) is 18.5 Å². The Morgan fingerprint density at radius 2 is 1.88 bits per heavy atom. The molecule has 2 heterocycles. The zero-order chi connectivity index (χ0) is 11.6. The number of rotatable bonds is 1. The van der Waals surface area contributed by atoms with E-state index < -0.39 is 12.0 Å². The van der Waals surface area contributed by atoms with Crippen molar-refractivity contribution in [2.45, 2.75) is 6.18 Å². The van der Waals surface area contributed by atoms with Gasteiger partial charge in [-0.1, -0.05) is 0 Å². The molecule has 16 heavy (non-hydrogen) atoms. The molecule has 0 aliphatic carbocycles. The normalized spacial score (nSPS) is 11.4. The summed E-state index contributed by atoms with van der Waals surface area (Å²) in [6, 6.07) is 4.67. The molecule has 0 spiro atoms. The van der Waals surface area contributed by atoms with Gasteiger partial charge in [-0.15, -0.1) is 0 Å². The third kappa shape index (κ3) is 2.16. The van der Waals surface area contributed by atoms with Crippen LogP contribution in [0.15, 0.2) is 36.8 Å². The topological polar surface area (TPSA) is 38.7 Å². The number of hydrogen-bond acceptors (Lipinski definition) is 3. The van der Waals surface area contributed by atoms with Crippen LogP contribution in [0.25, 0.3) is 11.3 Å². The summed E-state index contributed by atoms with van der Waals surface area (Å²) >= 11 is 0. The monoisotopic (exact) mass is 225 g/mol. The highest BCUT2D eigenvalue weighted by Gasteiger charge is 2.34. The van der Waals surface area contributed by atoms with Gasteiger partial charge in [-0.25, -0.2) is 9.97 Å². The van der Waals surface area contributed by atoms with E-state index in [4.69, 9.17) is 0 Å². The maximum atomic E-state index is 12.3. The molecule has 0 atom stereocenters. The van der Waals surface area contributed by atoms with Crippen LogP contribution in [-0.4, -0.2) is 15.0 Å². The average Bonchev–Trinajstić information content (AvgIpc) is 2.29. The van der Waals surface area contributed by atoms with Gasteiger partial charge < -0.3 is 0 Å². The molecule has 0 amide bonds. The minimum atomic E-state index is -4.53. The van der Waals surface area contributed by atoms with E-state index in [2.05, 4.69) is 15.0 Å². The maximum Gasteiger partial charge on any atom is 0.451 e. The van der Waals surface area contributed by atoms with Crippen LogP contribution < -0.4 is 0 Å². The largest absolute Gasteiger partial charge is 0.451 e. The third-order valence-electron chi connectivity index (χ3n) is 1.87. The fourth-order valence-corrected chi connectivity index (χ4v) is 1.17. The van der Waals surface area contributed by atoms with E-state index >= 15 is 0 Å². The van der Waals surface area contributed by atoms with E-state index in [-0.39, 0.29) is 5.69 Å². The van der Waals surface area contributed by atoms with Gasteiger partial charge in [0.25, 0.3) is 0 Å². The van der Waals surface area contributed by atoms with Crippen LogP contribution in [0, 0.1) is 0 Å². The van der Waals surface area contributed by atoms with E-state index in [0.717, 1.165) is 6.20 Å². The van der Waals surface area contributed by atoms with E-state index in [9.17, 15) is 13.2 Å². The number of alkyl halides is 3. The van der Waals surface area contributed by atoms with Crippen molar-refractivity contribution >= 4 is 0 Å². The Hall–Kier alpha value is -1.98. The lowest BCUT2D eigenvalue weighted by molar-refractivity contribution is -0.144. The molecule has 0 saturated carbocycles. The van der Waals surface area contributed by atoms with E-state index in [1.54, 1.807) is 12.1 Å². The molecule has 0 saturated heterocycles. The first-order chi connectivity index (χ1) is 7.57. The number of nitrogens with zero attached hydrogens (tertiary/aromatic N) is 3. The Morgan fingerprint density at radius 1 is 1.06 bits per heavy atom. The minimum Gasteiger partial charge on any atom is -0.264 e. The van der Waals surface area contributed by atoms with Crippen molar-refractivity contribution in [3.8, 4) is 11.3 Å². The van der Waals surface area contributed by atoms with Crippen molar-refractivity contribution in [1.82, 2.24) is 15.0 Å². The summed E-state index contributed by atoms with van der Waals surface area (Å²) in [5, 5.41) is 0. The van der Waals surface area contributed by atoms with Crippen LogP contribution in [0.1, 0.15) is 5.82 Å². The van der Waals surface area contributed by atoms with Crippen LogP contribution in [-0.2, 0) is 6.18 Å². The lowest BCUT2D eigenvalue weighted by Crippen LogP contribution is -2.10. The van der Waals surface area contributed by atoms with Crippen LogP contribution in [0.3, 0.4) is 0 Å². The summed E-state index contributed by atoms with van der Waals surface area (Å²) in [5.41, 5.74) is 0.728. The zero-order valence-corrected chi connectivity index (χ0v) is 7.94. The van der Waals surface area contributed by atoms with Crippen molar-refractivity contribution in [1.29, 1.82) is 0 Å².